The van der Waals surface area contributed by atoms with Crippen molar-refractivity contribution < 1.29 is 26.7 Å². The number of aromatic amines is 1. The Morgan fingerprint density at radius 3 is 2.83 bits per heavy atom. The Bertz CT molecular complexity index is 1610. The average Bonchev–Trinajstić information content (AvgIpc) is 3.24. The lowest BCUT2D eigenvalue weighted by Gasteiger charge is -2.27. The molecule has 0 bridgehead atoms. The molecule has 5 rings (SSSR count). The van der Waals surface area contributed by atoms with E-state index in [4.69, 9.17) is 16.3 Å². The van der Waals surface area contributed by atoms with Gasteiger partial charge in [-0.2, -0.15) is 0 Å². The first kappa shape index (κ1) is 23.1. The van der Waals surface area contributed by atoms with Gasteiger partial charge < -0.3 is 14.6 Å². The second-order valence-corrected chi connectivity index (χ2v) is 9.99. The highest BCUT2D eigenvalue weighted by Crippen LogP contribution is 2.34. The van der Waals surface area contributed by atoms with Crippen LogP contribution in [-0.2, 0) is 10.0 Å². The standard InChI is InChI=1S/C23H17ClF2N4O4S/c1-30-6-7-34-19-9-13(2-5-18(19)30)35(32,33)29-17-4-3-16(25)20(21(17)26)22(31)15-11-28-23-14(15)8-12(24)10-27-23/h2-5,8-11,29H,6-7H2,1H3,(H,27,28). The van der Waals surface area contributed by atoms with Gasteiger partial charge in [-0.1, -0.05) is 11.6 Å². The van der Waals surface area contributed by atoms with E-state index in [1.807, 2.05) is 11.9 Å². The predicted octanol–water partition coefficient (Wildman–Crippen LogP) is 4.35. The lowest BCUT2D eigenvalue weighted by atomic mass is 10.0. The van der Waals surface area contributed by atoms with Gasteiger partial charge >= 0.3 is 0 Å². The molecule has 0 atom stereocenters. The van der Waals surface area contributed by atoms with Crippen LogP contribution in [0.25, 0.3) is 11.0 Å². The van der Waals surface area contributed by atoms with Gasteiger partial charge in [-0.15, -0.1) is 0 Å². The SMILES string of the molecule is CN1CCOc2cc(S(=O)(=O)Nc3ccc(F)c(C(=O)c4c[nH]c5ncc(Cl)cc45)c3F)ccc21. The van der Waals surface area contributed by atoms with Gasteiger partial charge in [0.1, 0.15) is 23.8 Å². The fourth-order valence-corrected chi connectivity index (χ4v) is 5.08. The number of rotatable bonds is 5. The second kappa shape index (κ2) is 8.51. The highest BCUT2D eigenvalue weighted by molar-refractivity contribution is 7.92. The molecule has 0 radical (unpaired) electrons. The van der Waals surface area contributed by atoms with Crippen LogP contribution in [0.4, 0.5) is 20.2 Å². The quantitative estimate of drug-likeness (QED) is 0.381. The van der Waals surface area contributed by atoms with Gasteiger partial charge in [0.15, 0.2) is 5.82 Å². The van der Waals surface area contributed by atoms with Gasteiger partial charge in [0.05, 0.1) is 33.4 Å². The zero-order valence-corrected chi connectivity index (χ0v) is 19.7. The van der Waals surface area contributed by atoms with E-state index in [1.54, 1.807) is 6.07 Å². The van der Waals surface area contributed by atoms with Crippen LogP contribution in [0.15, 0.2) is 53.7 Å². The van der Waals surface area contributed by atoms with Crippen molar-refractivity contribution in [2.75, 3.05) is 29.8 Å². The summed E-state index contributed by atoms with van der Waals surface area (Å²) in [6.45, 7) is 1.03. The molecule has 2 aromatic heterocycles. The number of carbonyl (C=O) groups is 1. The number of fused-ring (bicyclic) bond motifs is 2. The number of nitrogens with one attached hydrogen (secondary N) is 2. The van der Waals surface area contributed by atoms with Gasteiger partial charge in [-0.3, -0.25) is 9.52 Å². The van der Waals surface area contributed by atoms with Gasteiger partial charge in [-0.25, -0.2) is 22.2 Å². The molecule has 0 spiro atoms. The number of aromatic nitrogens is 2. The number of hydrogen-bond donors (Lipinski definition) is 2. The first-order valence-corrected chi connectivity index (χ1v) is 12.2. The first-order valence-electron chi connectivity index (χ1n) is 10.3. The number of halogens is 3. The number of carbonyl (C=O) groups excluding carboxylic acids is 1. The lowest BCUT2D eigenvalue weighted by molar-refractivity contribution is 0.103. The van der Waals surface area contributed by atoms with E-state index in [2.05, 4.69) is 14.7 Å². The molecule has 35 heavy (non-hydrogen) atoms. The summed E-state index contributed by atoms with van der Waals surface area (Å²) in [5, 5.41) is 0.500. The van der Waals surface area contributed by atoms with Crippen molar-refractivity contribution in [3.63, 3.8) is 0 Å². The van der Waals surface area contributed by atoms with Gasteiger partial charge in [0.25, 0.3) is 10.0 Å². The smallest absolute Gasteiger partial charge is 0.262 e. The fourth-order valence-electron chi connectivity index (χ4n) is 3.85. The molecule has 1 aliphatic rings. The maximum atomic E-state index is 15.4. The number of ketones is 1. The third-order valence-corrected chi connectivity index (χ3v) is 7.21. The summed E-state index contributed by atoms with van der Waals surface area (Å²) in [7, 11) is -2.45. The molecule has 180 valence electrons. The molecule has 0 amide bonds. The van der Waals surface area contributed by atoms with Crippen LogP contribution < -0.4 is 14.4 Å². The third-order valence-electron chi connectivity index (χ3n) is 5.64. The number of ether oxygens (including phenoxy) is 1. The number of H-pyrrole nitrogens is 1. The topological polar surface area (TPSA) is 104 Å². The van der Waals surface area contributed by atoms with Gasteiger partial charge in [0.2, 0.25) is 5.78 Å². The number of benzene rings is 2. The van der Waals surface area contributed by atoms with Crippen LogP contribution in [-0.4, -0.2) is 44.4 Å². The number of nitrogens with zero attached hydrogens (tertiary/aromatic N) is 2. The summed E-state index contributed by atoms with van der Waals surface area (Å²) < 4.78 is 63.6. The van der Waals surface area contributed by atoms with E-state index >= 15 is 4.39 Å². The van der Waals surface area contributed by atoms with Crippen molar-refractivity contribution >= 4 is 49.8 Å². The molecule has 2 aromatic carbocycles. The average molecular weight is 519 g/mol. The monoisotopic (exact) mass is 518 g/mol. The van der Waals surface area contributed by atoms with Crippen LogP contribution in [0, 0.1) is 11.6 Å². The molecular formula is C23H17ClF2N4O4S. The minimum atomic E-state index is -4.29. The number of likely N-dealkylation sites (N-methyl/N-ethyl adjacent to an activating group) is 1. The van der Waals surface area contributed by atoms with Crippen molar-refractivity contribution in [1.29, 1.82) is 0 Å². The molecule has 0 fully saturated rings. The van der Waals surface area contributed by atoms with Crippen LogP contribution in [0.3, 0.4) is 0 Å². The van der Waals surface area contributed by atoms with Crippen LogP contribution in [0.2, 0.25) is 5.02 Å². The Balaban J connectivity index is 1.51. The largest absolute Gasteiger partial charge is 0.490 e. The number of pyridine rings is 1. The molecule has 8 nitrogen and oxygen atoms in total. The van der Waals surface area contributed by atoms with Crippen molar-refractivity contribution in [3.05, 3.63) is 76.6 Å². The molecular weight excluding hydrogens is 502 g/mol. The summed E-state index contributed by atoms with van der Waals surface area (Å²) >= 11 is 5.95. The minimum Gasteiger partial charge on any atom is -0.490 e. The van der Waals surface area contributed by atoms with Crippen molar-refractivity contribution in [2.45, 2.75) is 4.90 Å². The Labute approximate surface area is 203 Å². The fraction of sp³-hybridized carbons (Fsp3) is 0.130. The zero-order valence-electron chi connectivity index (χ0n) is 18.1. The van der Waals surface area contributed by atoms with E-state index in [0.717, 1.165) is 12.1 Å². The van der Waals surface area contributed by atoms with Crippen LogP contribution in [0.1, 0.15) is 15.9 Å². The summed E-state index contributed by atoms with van der Waals surface area (Å²) in [5.41, 5.74) is -0.549. The Hall–Kier alpha value is -3.70. The number of anilines is 2. The highest BCUT2D eigenvalue weighted by atomic mass is 35.5. The minimum absolute atomic E-state index is 0.0660. The molecule has 1 aliphatic heterocycles. The van der Waals surface area contributed by atoms with Crippen LogP contribution >= 0.6 is 11.6 Å². The maximum Gasteiger partial charge on any atom is 0.262 e. The molecule has 2 N–H and O–H groups in total. The Morgan fingerprint density at radius 2 is 2.03 bits per heavy atom. The van der Waals surface area contributed by atoms with E-state index < -0.39 is 38.7 Å². The Morgan fingerprint density at radius 1 is 1.23 bits per heavy atom. The molecule has 0 saturated carbocycles. The van der Waals surface area contributed by atoms with Crippen molar-refractivity contribution in [2.24, 2.45) is 0 Å². The van der Waals surface area contributed by atoms with Crippen molar-refractivity contribution in [3.8, 4) is 5.75 Å². The molecule has 0 unspecified atom stereocenters. The van der Waals surface area contributed by atoms with E-state index in [9.17, 15) is 17.6 Å². The number of hydrogen-bond acceptors (Lipinski definition) is 6. The van der Waals surface area contributed by atoms with E-state index in [-0.39, 0.29) is 20.9 Å². The summed E-state index contributed by atoms with van der Waals surface area (Å²) in [6.07, 6.45) is 2.62. The summed E-state index contributed by atoms with van der Waals surface area (Å²) in [6, 6.07) is 7.42. The van der Waals surface area contributed by atoms with Gasteiger partial charge in [-0.05, 0) is 30.3 Å². The first-order chi connectivity index (χ1) is 16.7. The second-order valence-electron chi connectivity index (χ2n) is 7.87. The molecule has 3 heterocycles. The molecule has 4 aromatic rings. The normalized spacial score (nSPS) is 13.4. The van der Waals surface area contributed by atoms with E-state index in [1.165, 1.54) is 30.6 Å². The Kier molecular flexibility index (Phi) is 5.60. The lowest BCUT2D eigenvalue weighted by Crippen LogP contribution is -2.29. The molecule has 12 heteroatoms. The third kappa shape index (κ3) is 4.06. The maximum absolute atomic E-state index is 15.4. The van der Waals surface area contributed by atoms with Crippen LogP contribution in [0.5, 0.6) is 5.75 Å². The summed E-state index contributed by atoms with van der Waals surface area (Å²) in [5.74, 6) is -3.13. The summed E-state index contributed by atoms with van der Waals surface area (Å²) in [4.78, 5) is 21.6. The molecule has 0 saturated heterocycles. The number of sulfonamides is 1. The highest BCUT2D eigenvalue weighted by Gasteiger charge is 2.27. The zero-order chi connectivity index (χ0) is 24.9. The molecule has 0 aliphatic carbocycles. The van der Waals surface area contributed by atoms with E-state index in [0.29, 0.717) is 30.2 Å². The van der Waals surface area contributed by atoms with Crippen molar-refractivity contribution in [1.82, 2.24) is 9.97 Å². The van der Waals surface area contributed by atoms with Gasteiger partial charge in [0, 0.05) is 36.5 Å². The predicted molar refractivity (Wildman–Crippen MR) is 127 cm³/mol.